The first-order valence-corrected chi connectivity index (χ1v) is 6.04. The molecule has 0 fully saturated rings. The fourth-order valence-electron chi connectivity index (χ4n) is 1.39. The van der Waals surface area contributed by atoms with E-state index in [1.807, 2.05) is 0 Å². The van der Waals surface area contributed by atoms with E-state index >= 15 is 0 Å². The molecule has 0 aliphatic carbocycles. The van der Waals surface area contributed by atoms with Crippen molar-refractivity contribution < 1.29 is 9.32 Å². The minimum Gasteiger partial charge on any atom is -0.361 e. The molecule has 0 bridgehead atoms. The third-order valence-electron chi connectivity index (χ3n) is 2.34. The summed E-state index contributed by atoms with van der Waals surface area (Å²) in [6, 6.07) is 0. The van der Waals surface area contributed by atoms with E-state index in [1.165, 1.54) is 6.20 Å². The van der Waals surface area contributed by atoms with Crippen molar-refractivity contribution in [3.63, 3.8) is 0 Å². The molecule has 16 heavy (non-hydrogen) atoms. The van der Waals surface area contributed by atoms with Crippen molar-refractivity contribution in [2.75, 3.05) is 12.4 Å². The Balaban J connectivity index is 2.14. The maximum atomic E-state index is 11.6. The van der Waals surface area contributed by atoms with E-state index in [2.05, 4.69) is 10.5 Å². The molecule has 0 saturated heterocycles. The number of aromatic nitrogens is 1. The van der Waals surface area contributed by atoms with Crippen LogP contribution in [0.25, 0.3) is 0 Å². The molecule has 5 heteroatoms. The van der Waals surface area contributed by atoms with Crippen LogP contribution in [0.3, 0.4) is 0 Å². The van der Waals surface area contributed by atoms with Crippen LogP contribution < -0.4 is 5.32 Å². The summed E-state index contributed by atoms with van der Waals surface area (Å²) < 4.78 is 4.82. The fourth-order valence-corrected chi connectivity index (χ4v) is 1.58. The van der Waals surface area contributed by atoms with Crippen LogP contribution in [0.1, 0.15) is 41.8 Å². The lowest BCUT2D eigenvalue weighted by Crippen LogP contribution is -2.24. The molecule has 0 atom stereocenters. The van der Waals surface area contributed by atoms with Crippen molar-refractivity contribution in [1.82, 2.24) is 10.5 Å². The number of halogens is 1. The van der Waals surface area contributed by atoms with Crippen LogP contribution in [-0.4, -0.2) is 23.5 Å². The Bertz CT molecular complexity index is 326. The first-order chi connectivity index (χ1) is 7.75. The van der Waals surface area contributed by atoms with Gasteiger partial charge in [0.1, 0.15) is 11.3 Å². The molecular weight excluding hydrogens is 228 g/mol. The summed E-state index contributed by atoms with van der Waals surface area (Å²) in [4.78, 5) is 11.6. The van der Waals surface area contributed by atoms with Gasteiger partial charge in [0.25, 0.3) is 5.91 Å². The zero-order chi connectivity index (χ0) is 11.8. The van der Waals surface area contributed by atoms with Crippen LogP contribution in [0.2, 0.25) is 0 Å². The van der Waals surface area contributed by atoms with E-state index in [4.69, 9.17) is 16.1 Å². The third kappa shape index (κ3) is 4.23. The highest BCUT2D eigenvalue weighted by Crippen LogP contribution is 2.05. The van der Waals surface area contributed by atoms with Crippen molar-refractivity contribution in [2.24, 2.45) is 0 Å². The number of aryl methyl sites for hydroxylation is 1. The highest BCUT2D eigenvalue weighted by atomic mass is 35.5. The van der Waals surface area contributed by atoms with Crippen molar-refractivity contribution in [3.8, 4) is 0 Å². The third-order valence-corrected chi connectivity index (χ3v) is 2.61. The van der Waals surface area contributed by atoms with E-state index in [0.29, 0.717) is 23.7 Å². The van der Waals surface area contributed by atoms with Crippen LogP contribution >= 0.6 is 11.6 Å². The van der Waals surface area contributed by atoms with Gasteiger partial charge in [0.15, 0.2) is 0 Å². The van der Waals surface area contributed by atoms with Gasteiger partial charge in [-0.2, -0.15) is 0 Å². The van der Waals surface area contributed by atoms with E-state index in [9.17, 15) is 4.79 Å². The summed E-state index contributed by atoms with van der Waals surface area (Å²) in [6.45, 7) is 2.41. The standard InChI is InChI=1S/C11H17ClN2O2/c1-9-10(8-14-16-9)11(15)13-7-5-3-2-4-6-12/h8H,2-7H2,1H3,(H,13,15). The molecule has 1 rings (SSSR count). The van der Waals surface area contributed by atoms with E-state index in [1.54, 1.807) is 6.92 Å². The number of carbonyl (C=O) groups is 1. The molecule has 1 amide bonds. The van der Waals surface area contributed by atoms with Crippen LogP contribution in [0, 0.1) is 6.92 Å². The molecule has 0 spiro atoms. The van der Waals surface area contributed by atoms with E-state index < -0.39 is 0 Å². The first kappa shape index (κ1) is 13.0. The molecule has 1 heterocycles. The number of nitrogens with zero attached hydrogens (tertiary/aromatic N) is 1. The molecule has 0 radical (unpaired) electrons. The molecule has 90 valence electrons. The summed E-state index contributed by atoms with van der Waals surface area (Å²) in [5.74, 6) is 1.16. The van der Waals surface area contributed by atoms with Gasteiger partial charge in [0, 0.05) is 12.4 Å². The normalized spacial score (nSPS) is 10.4. The van der Waals surface area contributed by atoms with Crippen LogP contribution in [0.4, 0.5) is 0 Å². The van der Waals surface area contributed by atoms with Crippen molar-refractivity contribution in [1.29, 1.82) is 0 Å². The van der Waals surface area contributed by atoms with Gasteiger partial charge < -0.3 is 9.84 Å². The maximum absolute atomic E-state index is 11.6. The van der Waals surface area contributed by atoms with Gasteiger partial charge in [-0.25, -0.2) is 0 Å². The minimum atomic E-state index is -0.115. The minimum absolute atomic E-state index is 0.115. The molecule has 0 aliphatic heterocycles. The summed E-state index contributed by atoms with van der Waals surface area (Å²) in [7, 11) is 0. The Hall–Kier alpha value is -1.03. The molecule has 0 aromatic carbocycles. The summed E-state index contributed by atoms with van der Waals surface area (Å²) in [6.07, 6.45) is 5.67. The lowest BCUT2D eigenvalue weighted by atomic mass is 10.2. The van der Waals surface area contributed by atoms with Crippen LogP contribution in [-0.2, 0) is 0 Å². The number of unbranched alkanes of at least 4 members (excludes halogenated alkanes) is 3. The summed E-state index contributed by atoms with van der Waals surface area (Å²) in [5.41, 5.74) is 0.515. The average Bonchev–Trinajstić information content (AvgIpc) is 2.69. The lowest BCUT2D eigenvalue weighted by molar-refractivity contribution is 0.0951. The summed E-state index contributed by atoms with van der Waals surface area (Å²) in [5, 5.41) is 6.39. The van der Waals surface area contributed by atoms with Gasteiger partial charge in [-0.1, -0.05) is 18.0 Å². The Kier molecular flexibility index (Phi) is 5.93. The second kappa shape index (κ2) is 7.28. The van der Waals surface area contributed by atoms with Crippen LogP contribution in [0.5, 0.6) is 0 Å². The van der Waals surface area contributed by atoms with Gasteiger partial charge in [-0.05, 0) is 19.8 Å². The zero-order valence-corrected chi connectivity index (χ0v) is 10.2. The predicted molar refractivity (Wildman–Crippen MR) is 62.8 cm³/mol. The number of hydrogen-bond acceptors (Lipinski definition) is 3. The number of hydrogen-bond donors (Lipinski definition) is 1. The monoisotopic (exact) mass is 244 g/mol. The zero-order valence-electron chi connectivity index (χ0n) is 9.46. The molecule has 0 aliphatic rings. The van der Waals surface area contributed by atoms with E-state index in [0.717, 1.165) is 25.7 Å². The Morgan fingerprint density at radius 2 is 2.19 bits per heavy atom. The number of nitrogens with one attached hydrogen (secondary N) is 1. The van der Waals surface area contributed by atoms with Crippen molar-refractivity contribution >= 4 is 17.5 Å². The number of amides is 1. The maximum Gasteiger partial charge on any atom is 0.256 e. The Morgan fingerprint density at radius 3 is 2.81 bits per heavy atom. The molecule has 0 unspecified atom stereocenters. The smallest absolute Gasteiger partial charge is 0.256 e. The quantitative estimate of drug-likeness (QED) is 0.592. The average molecular weight is 245 g/mol. The van der Waals surface area contributed by atoms with Gasteiger partial charge in [-0.15, -0.1) is 11.6 Å². The topological polar surface area (TPSA) is 55.1 Å². The van der Waals surface area contributed by atoms with Crippen LogP contribution in [0.15, 0.2) is 10.7 Å². The Morgan fingerprint density at radius 1 is 1.44 bits per heavy atom. The van der Waals surface area contributed by atoms with Gasteiger partial charge in [0.2, 0.25) is 0 Å². The molecule has 1 N–H and O–H groups in total. The predicted octanol–water partition coefficient (Wildman–Crippen LogP) is 2.51. The van der Waals surface area contributed by atoms with E-state index in [-0.39, 0.29) is 5.91 Å². The van der Waals surface area contributed by atoms with Gasteiger partial charge in [0.05, 0.1) is 6.20 Å². The molecular formula is C11H17ClN2O2. The molecule has 1 aromatic heterocycles. The second-order valence-corrected chi connectivity index (χ2v) is 4.03. The first-order valence-electron chi connectivity index (χ1n) is 5.51. The molecule has 4 nitrogen and oxygen atoms in total. The molecule has 1 aromatic rings. The van der Waals surface area contributed by atoms with Crippen molar-refractivity contribution in [3.05, 3.63) is 17.5 Å². The highest BCUT2D eigenvalue weighted by molar-refractivity contribution is 6.17. The highest BCUT2D eigenvalue weighted by Gasteiger charge is 2.11. The SMILES string of the molecule is Cc1oncc1C(=O)NCCCCCCCl. The molecule has 0 saturated carbocycles. The second-order valence-electron chi connectivity index (χ2n) is 3.65. The number of carbonyl (C=O) groups excluding carboxylic acids is 1. The van der Waals surface area contributed by atoms with Crippen molar-refractivity contribution in [2.45, 2.75) is 32.6 Å². The summed E-state index contributed by atoms with van der Waals surface area (Å²) >= 11 is 5.56. The van der Waals surface area contributed by atoms with Gasteiger partial charge in [-0.3, -0.25) is 4.79 Å². The largest absolute Gasteiger partial charge is 0.361 e. The van der Waals surface area contributed by atoms with Gasteiger partial charge >= 0.3 is 0 Å². The number of alkyl halides is 1. The lowest BCUT2D eigenvalue weighted by Gasteiger charge is -2.03. The number of rotatable bonds is 7. The Labute approximate surface area is 100 Å². The fraction of sp³-hybridized carbons (Fsp3) is 0.636.